The number of amides is 1. The molecule has 1 aromatic heterocycles. The Kier molecular flexibility index (Phi) is 5.08. The monoisotopic (exact) mass is 378 g/mol. The number of nitrogens with zero attached hydrogens (tertiary/aromatic N) is 2. The minimum absolute atomic E-state index is 0.0672. The van der Waals surface area contributed by atoms with Gasteiger partial charge in [-0.1, -0.05) is 11.6 Å². The van der Waals surface area contributed by atoms with Crippen LogP contribution in [0.25, 0.3) is 0 Å². The molecule has 1 aromatic rings. The summed E-state index contributed by atoms with van der Waals surface area (Å²) in [6, 6.07) is 0.295. The van der Waals surface area contributed by atoms with Gasteiger partial charge in [-0.3, -0.25) is 4.79 Å². The summed E-state index contributed by atoms with van der Waals surface area (Å²) in [7, 11) is 0. The second kappa shape index (κ2) is 6.97. The SMILES string of the molecule is O=C(N[C@@H]1CCN(c2ncc(C(F)(F)F)cc2Cl)C1)[C@H]1C[C@@H](O)CN1. The van der Waals surface area contributed by atoms with Gasteiger partial charge in [-0.25, -0.2) is 4.98 Å². The number of alkyl halides is 3. The van der Waals surface area contributed by atoms with Gasteiger partial charge in [-0.2, -0.15) is 13.2 Å². The van der Waals surface area contributed by atoms with Crippen molar-refractivity contribution in [2.45, 2.75) is 37.2 Å². The fraction of sp³-hybridized carbons (Fsp3) is 0.600. The summed E-state index contributed by atoms with van der Waals surface area (Å²) >= 11 is 5.96. The normalized spacial score (nSPS) is 26.9. The van der Waals surface area contributed by atoms with Crippen molar-refractivity contribution in [3.05, 3.63) is 22.8 Å². The number of rotatable bonds is 3. The predicted molar refractivity (Wildman–Crippen MR) is 85.4 cm³/mol. The highest BCUT2D eigenvalue weighted by molar-refractivity contribution is 6.33. The molecule has 3 rings (SSSR count). The molecule has 0 radical (unpaired) electrons. The topological polar surface area (TPSA) is 77.5 Å². The van der Waals surface area contributed by atoms with E-state index in [9.17, 15) is 23.1 Å². The van der Waals surface area contributed by atoms with Crippen LogP contribution < -0.4 is 15.5 Å². The standard InChI is InChI=1S/C15H18ClF3N4O2/c16-11-3-8(15(17,18)19)5-21-13(11)23-2-1-9(7-23)22-14(25)12-4-10(24)6-20-12/h3,5,9-10,12,20,24H,1-2,4,6-7H2,(H,22,25)/t9-,10-,12-/m1/s1. The highest BCUT2D eigenvalue weighted by atomic mass is 35.5. The summed E-state index contributed by atoms with van der Waals surface area (Å²) in [5, 5.41) is 15.2. The Morgan fingerprint density at radius 1 is 1.48 bits per heavy atom. The maximum absolute atomic E-state index is 12.7. The van der Waals surface area contributed by atoms with Gasteiger partial charge in [0.05, 0.1) is 22.7 Å². The molecule has 0 bridgehead atoms. The van der Waals surface area contributed by atoms with Crippen LogP contribution in [0.2, 0.25) is 5.02 Å². The second-order valence-electron chi connectivity index (χ2n) is 6.32. The van der Waals surface area contributed by atoms with E-state index in [1.165, 1.54) is 0 Å². The van der Waals surface area contributed by atoms with Gasteiger partial charge >= 0.3 is 6.18 Å². The zero-order valence-electron chi connectivity index (χ0n) is 13.2. The molecular weight excluding hydrogens is 361 g/mol. The molecule has 2 aliphatic rings. The first-order chi connectivity index (χ1) is 11.7. The molecule has 6 nitrogen and oxygen atoms in total. The highest BCUT2D eigenvalue weighted by Gasteiger charge is 2.34. The van der Waals surface area contributed by atoms with Gasteiger partial charge in [-0.15, -0.1) is 0 Å². The van der Waals surface area contributed by atoms with Crippen LogP contribution in [0.3, 0.4) is 0 Å². The number of halogens is 4. The van der Waals surface area contributed by atoms with E-state index in [0.29, 0.717) is 32.5 Å². The van der Waals surface area contributed by atoms with Crippen LogP contribution in [0.5, 0.6) is 0 Å². The summed E-state index contributed by atoms with van der Waals surface area (Å²) in [5.41, 5.74) is -0.892. The molecule has 1 amide bonds. The first-order valence-electron chi connectivity index (χ1n) is 7.93. The number of nitrogens with one attached hydrogen (secondary N) is 2. The predicted octanol–water partition coefficient (Wildman–Crippen LogP) is 1.17. The van der Waals surface area contributed by atoms with Crippen molar-refractivity contribution in [1.82, 2.24) is 15.6 Å². The number of anilines is 1. The summed E-state index contributed by atoms with van der Waals surface area (Å²) in [5.74, 6) is 0.0932. The molecule has 0 spiro atoms. The first kappa shape index (κ1) is 18.2. The number of hydrogen-bond acceptors (Lipinski definition) is 5. The van der Waals surface area contributed by atoms with E-state index in [4.69, 9.17) is 11.6 Å². The maximum Gasteiger partial charge on any atom is 0.417 e. The van der Waals surface area contributed by atoms with Crippen LogP contribution >= 0.6 is 11.6 Å². The Hall–Kier alpha value is -1.58. The van der Waals surface area contributed by atoms with Crippen LogP contribution in [-0.2, 0) is 11.0 Å². The van der Waals surface area contributed by atoms with Crippen LogP contribution in [0, 0.1) is 0 Å². The molecule has 25 heavy (non-hydrogen) atoms. The van der Waals surface area contributed by atoms with Gasteiger partial charge in [-0.05, 0) is 18.9 Å². The summed E-state index contributed by atoms with van der Waals surface area (Å²) in [6.07, 6.45) is -3.24. The van der Waals surface area contributed by atoms with Gasteiger partial charge < -0.3 is 20.6 Å². The van der Waals surface area contributed by atoms with Crippen LogP contribution in [0.15, 0.2) is 12.3 Å². The second-order valence-corrected chi connectivity index (χ2v) is 6.72. The van der Waals surface area contributed by atoms with Gasteiger partial charge in [0.2, 0.25) is 5.91 Å². The van der Waals surface area contributed by atoms with Crippen molar-refractivity contribution in [2.75, 3.05) is 24.5 Å². The maximum atomic E-state index is 12.7. The molecule has 3 atom stereocenters. The van der Waals surface area contributed by atoms with E-state index in [1.54, 1.807) is 4.90 Å². The van der Waals surface area contributed by atoms with Crippen molar-refractivity contribution in [3.63, 3.8) is 0 Å². The van der Waals surface area contributed by atoms with Gasteiger partial charge in [0.25, 0.3) is 0 Å². The minimum atomic E-state index is -4.49. The molecule has 2 fully saturated rings. The van der Waals surface area contributed by atoms with Crippen LogP contribution in [-0.4, -0.2) is 53.8 Å². The summed E-state index contributed by atoms with van der Waals surface area (Å²) in [6.45, 7) is 1.34. The number of hydrogen-bond donors (Lipinski definition) is 3. The molecule has 0 aliphatic carbocycles. The molecule has 0 unspecified atom stereocenters. The zero-order chi connectivity index (χ0) is 18.2. The Bertz CT molecular complexity index is 658. The minimum Gasteiger partial charge on any atom is -0.392 e. The van der Waals surface area contributed by atoms with Gasteiger partial charge in [0.15, 0.2) is 0 Å². The van der Waals surface area contributed by atoms with Crippen molar-refractivity contribution in [1.29, 1.82) is 0 Å². The average molecular weight is 379 g/mol. The number of pyridine rings is 1. The molecule has 138 valence electrons. The number of carbonyl (C=O) groups is 1. The number of aliphatic hydroxyl groups is 1. The quantitative estimate of drug-likeness (QED) is 0.736. The molecule has 10 heteroatoms. The Balaban J connectivity index is 1.60. The first-order valence-corrected chi connectivity index (χ1v) is 8.31. The molecule has 2 aliphatic heterocycles. The fourth-order valence-corrected chi connectivity index (χ4v) is 3.39. The van der Waals surface area contributed by atoms with Crippen LogP contribution in [0.4, 0.5) is 19.0 Å². The smallest absolute Gasteiger partial charge is 0.392 e. The lowest BCUT2D eigenvalue weighted by Gasteiger charge is -2.20. The third-order valence-corrected chi connectivity index (χ3v) is 4.69. The van der Waals surface area contributed by atoms with E-state index < -0.39 is 23.9 Å². The Labute approximate surface area is 147 Å². The van der Waals surface area contributed by atoms with Crippen molar-refractivity contribution in [2.24, 2.45) is 0 Å². The van der Waals surface area contributed by atoms with E-state index in [2.05, 4.69) is 15.6 Å². The molecule has 0 saturated carbocycles. The van der Waals surface area contributed by atoms with Gasteiger partial charge in [0, 0.05) is 31.9 Å². The number of aliphatic hydroxyl groups excluding tert-OH is 1. The Morgan fingerprint density at radius 2 is 2.24 bits per heavy atom. The van der Waals surface area contributed by atoms with E-state index >= 15 is 0 Å². The lowest BCUT2D eigenvalue weighted by molar-refractivity contribution is -0.137. The van der Waals surface area contributed by atoms with E-state index in [-0.39, 0.29) is 22.8 Å². The fourth-order valence-electron chi connectivity index (χ4n) is 3.11. The number of aromatic nitrogens is 1. The lowest BCUT2D eigenvalue weighted by atomic mass is 10.1. The molecular formula is C15H18ClF3N4O2. The molecule has 0 aromatic carbocycles. The largest absolute Gasteiger partial charge is 0.417 e. The average Bonchev–Trinajstić information content (AvgIpc) is 3.15. The number of carbonyl (C=O) groups excluding carboxylic acids is 1. The number of β-amino-alcohol motifs (C(OH)–C–C–N with tert-alkyl or cyclic N) is 1. The molecule has 2 saturated heterocycles. The summed E-state index contributed by atoms with van der Waals surface area (Å²) < 4.78 is 38.0. The zero-order valence-corrected chi connectivity index (χ0v) is 13.9. The Morgan fingerprint density at radius 3 is 2.84 bits per heavy atom. The van der Waals surface area contributed by atoms with E-state index in [0.717, 1.165) is 12.3 Å². The van der Waals surface area contributed by atoms with Crippen molar-refractivity contribution >= 4 is 23.3 Å². The molecule has 3 N–H and O–H groups in total. The van der Waals surface area contributed by atoms with Crippen LogP contribution in [0.1, 0.15) is 18.4 Å². The summed E-state index contributed by atoms with van der Waals surface area (Å²) in [4.78, 5) is 17.7. The lowest BCUT2D eigenvalue weighted by Crippen LogP contribution is -2.46. The third-order valence-electron chi connectivity index (χ3n) is 4.41. The van der Waals surface area contributed by atoms with E-state index in [1.807, 2.05) is 0 Å². The van der Waals surface area contributed by atoms with Crippen molar-refractivity contribution < 1.29 is 23.1 Å². The highest BCUT2D eigenvalue weighted by Crippen LogP contribution is 2.34. The van der Waals surface area contributed by atoms with Crippen molar-refractivity contribution in [3.8, 4) is 0 Å². The third kappa shape index (κ3) is 4.16. The molecule has 3 heterocycles. The van der Waals surface area contributed by atoms with Gasteiger partial charge in [0.1, 0.15) is 5.82 Å².